The molecule has 0 amide bonds. The molecule has 6 nitrogen and oxygen atoms in total. The van der Waals surface area contributed by atoms with E-state index in [0.717, 1.165) is 30.2 Å². The van der Waals surface area contributed by atoms with Crippen LogP contribution in [-0.4, -0.2) is 51.3 Å². The second-order valence-corrected chi connectivity index (χ2v) is 6.94. The molecule has 0 aliphatic carbocycles. The van der Waals surface area contributed by atoms with Crippen molar-refractivity contribution in [2.45, 2.75) is 20.3 Å². The van der Waals surface area contributed by atoms with Crippen LogP contribution >= 0.6 is 24.0 Å². The molecule has 3 N–H and O–H groups in total. The fourth-order valence-corrected chi connectivity index (χ4v) is 2.63. The summed E-state index contributed by atoms with van der Waals surface area (Å²) in [4.78, 5) is 6.62. The van der Waals surface area contributed by atoms with E-state index in [1.807, 2.05) is 18.2 Å². The molecule has 1 heterocycles. The lowest BCUT2D eigenvalue weighted by Gasteiger charge is -2.26. The standard InChI is InChI=1S/C17H28N4O2.HI/c1-17(2,12-21(3)4)11-19-16(18)20-13-6-7-14-15(10-13)23-9-5-8-22-14;/h6-7,10H,5,8-9,11-12H2,1-4H3,(H3,18,19,20);1H. The first-order valence-corrected chi connectivity index (χ1v) is 7.97. The monoisotopic (exact) mass is 448 g/mol. The van der Waals surface area contributed by atoms with Crippen LogP contribution < -0.4 is 20.5 Å². The number of anilines is 1. The summed E-state index contributed by atoms with van der Waals surface area (Å²) >= 11 is 0. The normalized spacial score (nSPS) is 14.8. The second kappa shape index (κ2) is 9.31. The first kappa shape index (κ1) is 20.8. The number of hydrogen-bond acceptors (Lipinski definition) is 4. The smallest absolute Gasteiger partial charge is 0.193 e. The van der Waals surface area contributed by atoms with Gasteiger partial charge in [-0.25, -0.2) is 0 Å². The fourth-order valence-electron chi connectivity index (χ4n) is 2.63. The number of fused-ring (bicyclic) bond motifs is 1. The lowest BCUT2D eigenvalue weighted by molar-refractivity contribution is 0.249. The van der Waals surface area contributed by atoms with Crippen LogP contribution in [0.15, 0.2) is 23.2 Å². The number of aliphatic imine (C=N–C) groups is 1. The van der Waals surface area contributed by atoms with Crippen LogP contribution in [0.5, 0.6) is 11.5 Å². The van der Waals surface area contributed by atoms with Crippen LogP contribution in [0.2, 0.25) is 0 Å². The number of benzene rings is 1. The molecule has 1 aliphatic rings. The lowest BCUT2D eigenvalue weighted by Crippen LogP contribution is -2.32. The molecule has 7 heteroatoms. The van der Waals surface area contributed by atoms with Crippen LogP contribution in [-0.2, 0) is 0 Å². The summed E-state index contributed by atoms with van der Waals surface area (Å²) in [7, 11) is 4.12. The van der Waals surface area contributed by atoms with E-state index in [1.165, 1.54) is 0 Å². The van der Waals surface area contributed by atoms with E-state index in [-0.39, 0.29) is 29.4 Å². The highest BCUT2D eigenvalue weighted by molar-refractivity contribution is 14.0. The average molecular weight is 448 g/mol. The van der Waals surface area contributed by atoms with E-state index < -0.39 is 0 Å². The molecule has 0 spiro atoms. The van der Waals surface area contributed by atoms with Crippen LogP contribution in [0.1, 0.15) is 20.3 Å². The summed E-state index contributed by atoms with van der Waals surface area (Å²) in [5.41, 5.74) is 6.92. The van der Waals surface area contributed by atoms with Crippen LogP contribution in [0, 0.1) is 5.41 Å². The Morgan fingerprint density at radius 1 is 1.25 bits per heavy atom. The van der Waals surface area contributed by atoms with Crippen molar-refractivity contribution >= 4 is 35.6 Å². The molecular weight excluding hydrogens is 419 g/mol. The van der Waals surface area contributed by atoms with E-state index >= 15 is 0 Å². The predicted octanol–water partition coefficient (Wildman–Crippen LogP) is 2.78. The lowest BCUT2D eigenvalue weighted by atomic mass is 9.93. The molecule has 0 aromatic heterocycles. The first-order chi connectivity index (χ1) is 10.9. The van der Waals surface area contributed by atoms with Crippen molar-refractivity contribution in [2.24, 2.45) is 16.1 Å². The van der Waals surface area contributed by atoms with Crippen LogP contribution in [0.4, 0.5) is 5.69 Å². The molecule has 24 heavy (non-hydrogen) atoms. The van der Waals surface area contributed by atoms with E-state index in [1.54, 1.807) is 0 Å². The topological polar surface area (TPSA) is 72.1 Å². The fraction of sp³-hybridized carbons (Fsp3) is 0.588. The van der Waals surface area contributed by atoms with Gasteiger partial charge in [-0.05, 0) is 31.6 Å². The molecule has 0 bridgehead atoms. The number of ether oxygens (including phenoxy) is 2. The zero-order valence-electron chi connectivity index (χ0n) is 15.0. The van der Waals surface area contributed by atoms with Crippen molar-refractivity contribution in [1.29, 1.82) is 0 Å². The molecular formula is C17H29IN4O2. The van der Waals surface area contributed by atoms with Crippen molar-refractivity contribution in [2.75, 3.05) is 45.7 Å². The summed E-state index contributed by atoms with van der Waals surface area (Å²) in [6.07, 6.45) is 0.891. The minimum absolute atomic E-state index is 0. The highest BCUT2D eigenvalue weighted by Gasteiger charge is 2.18. The maximum absolute atomic E-state index is 6.00. The summed E-state index contributed by atoms with van der Waals surface area (Å²) in [6, 6.07) is 5.71. The van der Waals surface area contributed by atoms with E-state index in [0.29, 0.717) is 25.7 Å². The number of nitrogens with one attached hydrogen (secondary N) is 1. The SMILES string of the molecule is CN(C)CC(C)(C)CN=C(N)Nc1ccc2c(c1)OCCCO2.I. The second-order valence-electron chi connectivity index (χ2n) is 6.94. The number of hydrogen-bond donors (Lipinski definition) is 2. The molecule has 2 rings (SSSR count). The number of guanidine groups is 1. The van der Waals surface area contributed by atoms with E-state index in [9.17, 15) is 0 Å². The quantitative estimate of drug-likeness (QED) is 0.412. The van der Waals surface area contributed by atoms with Crippen molar-refractivity contribution in [3.05, 3.63) is 18.2 Å². The van der Waals surface area contributed by atoms with Gasteiger partial charge >= 0.3 is 0 Å². The molecule has 0 saturated carbocycles. The number of nitrogens with two attached hydrogens (primary N) is 1. The van der Waals surface area contributed by atoms with Crippen molar-refractivity contribution in [3.63, 3.8) is 0 Å². The summed E-state index contributed by atoms with van der Waals surface area (Å²) in [5, 5.41) is 3.12. The summed E-state index contributed by atoms with van der Waals surface area (Å²) < 4.78 is 11.3. The molecule has 1 aliphatic heterocycles. The zero-order valence-corrected chi connectivity index (χ0v) is 17.3. The van der Waals surface area contributed by atoms with Crippen molar-refractivity contribution in [1.82, 2.24) is 4.90 Å². The van der Waals surface area contributed by atoms with Gasteiger partial charge in [0.1, 0.15) is 0 Å². The Kier molecular flexibility index (Phi) is 8.08. The first-order valence-electron chi connectivity index (χ1n) is 7.97. The van der Waals surface area contributed by atoms with Gasteiger partial charge in [-0.2, -0.15) is 0 Å². The van der Waals surface area contributed by atoms with Gasteiger partial charge in [-0.15, -0.1) is 24.0 Å². The van der Waals surface area contributed by atoms with Crippen LogP contribution in [0.3, 0.4) is 0 Å². The Balaban J connectivity index is 0.00000288. The largest absolute Gasteiger partial charge is 0.490 e. The Morgan fingerprint density at radius 2 is 1.92 bits per heavy atom. The van der Waals surface area contributed by atoms with Crippen molar-refractivity contribution in [3.8, 4) is 11.5 Å². The molecule has 1 aromatic rings. The number of nitrogens with zero attached hydrogens (tertiary/aromatic N) is 2. The van der Waals surface area contributed by atoms with Gasteiger partial charge in [0.05, 0.1) is 13.2 Å². The third kappa shape index (κ3) is 6.72. The maximum atomic E-state index is 6.00. The molecule has 0 unspecified atom stereocenters. The average Bonchev–Trinajstić information content (AvgIpc) is 2.69. The van der Waals surface area contributed by atoms with E-state index in [2.05, 4.69) is 43.2 Å². The highest BCUT2D eigenvalue weighted by atomic mass is 127. The molecule has 136 valence electrons. The summed E-state index contributed by atoms with van der Waals surface area (Å²) in [6.45, 7) is 7.32. The Labute approximate surface area is 161 Å². The van der Waals surface area contributed by atoms with Gasteiger partial charge in [0.2, 0.25) is 0 Å². The molecule has 1 aromatic carbocycles. The van der Waals surface area contributed by atoms with E-state index in [4.69, 9.17) is 15.2 Å². The highest BCUT2D eigenvalue weighted by Crippen LogP contribution is 2.32. The third-order valence-corrected chi connectivity index (χ3v) is 3.44. The van der Waals surface area contributed by atoms with Gasteiger partial charge in [0, 0.05) is 31.3 Å². The molecule has 0 saturated heterocycles. The minimum atomic E-state index is 0. The van der Waals surface area contributed by atoms with Crippen molar-refractivity contribution < 1.29 is 9.47 Å². The third-order valence-electron chi connectivity index (χ3n) is 3.44. The number of rotatable bonds is 5. The molecule has 0 radical (unpaired) electrons. The van der Waals surface area contributed by atoms with Gasteiger partial charge in [-0.1, -0.05) is 13.8 Å². The van der Waals surface area contributed by atoms with Gasteiger partial charge in [0.15, 0.2) is 17.5 Å². The Bertz CT molecular complexity index is 562. The van der Waals surface area contributed by atoms with Crippen LogP contribution in [0.25, 0.3) is 0 Å². The van der Waals surface area contributed by atoms with Gasteiger partial charge in [0.25, 0.3) is 0 Å². The molecule has 0 fully saturated rings. The zero-order chi connectivity index (χ0) is 16.9. The Morgan fingerprint density at radius 3 is 2.58 bits per heavy atom. The van der Waals surface area contributed by atoms with Gasteiger partial charge < -0.3 is 25.4 Å². The molecule has 0 atom stereocenters. The minimum Gasteiger partial charge on any atom is -0.490 e. The number of halogens is 1. The predicted molar refractivity (Wildman–Crippen MR) is 110 cm³/mol. The van der Waals surface area contributed by atoms with Gasteiger partial charge in [-0.3, -0.25) is 4.99 Å². The summed E-state index contributed by atoms with van der Waals surface area (Å²) in [5.74, 6) is 1.93. The maximum Gasteiger partial charge on any atom is 0.193 e. The Hall–Kier alpha value is -1.22.